The molecule has 0 radical (unpaired) electrons. The van der Waals surface area contributed by atoms with E-state index >= 15 is 0 Å². The highest BCUT2D eigenvalue weighted by molar-refractivity contribution is 6.68. The second-order valence-corrected chi connectivity index (χ2v) is 11.4. The molecule has 0 bridgehead atoms. The molecule has 0 amide bonds. The first-order chi connectivity index (χ1) is 24.7. The quantitative estimate of drug-likeness (QED) is 0.0311. The van der Waals surface area contributed by atoms with Crippen molar-refractivity contribution in [1.29, 1.82) is 0 Å². The molecule has 0 unspecified atom stereocenters. The standard InChI is InChI=1S/C39H41ClO11/c1-3-35(41)48-25-11-7-5-9-23-46-30-17-13-28(14-18-30)38(44)50-32-21-22-34(33(27-32)37(40)43)51-39(45)29-15-19-31(20-16-29)47-24-10-6-8-12-26-49-36(42)4-2/h3-4,13-22,27H,1-2,5-12,23-26H2. The third-order valence-corrected chi connectivity index (χ3v) is 7.40. The van der Waals surface area contributed by atoms with E-state index < -0.39 is 29.1 Å². The third-order valence-electron chi connectivity index (χ3n) is 7.19. The number of hydrogen-bond donors (Lipinski definition) is 0. The monoisotopic (exact) mass is 720 g/mol. The minimum atomic E-state index is -0.908. The SMILES string of the molecule is C=CC(=O)OCCCCCCOc1ccc(C(=O)Oc2ccc(OC(=O)c3ccc(OCCCCCCOC(=O)C=C)cc3)c(C(=O)Cl)c2)cc1. The number of rotatable bonds is 23. The van der Waals surface area contributed by atoms with Crippen LogP contribution in [0.3, 0.4) is 0 Å². The maximum Gasteiger partial charge on any atom is 0.343 e. The molecule has 3 aromatic rings. The molecule has 0 aliphatic carbocycles. The van der Waals surface area contributed by atoms with Gasteiger partial charge in [0.25, 0.3) is 5.24 Å². The number of halogens is 1. The first-order valence-electron chi connectivity index (χ1n) is 16.5. The van der Waals surface area contributed by atoms with Crippen LogP contribution < -0.4 is 18.9 Å². The van der Waals surface area contributed by atoms with Crippen molar-refractivity contribution in [3.05, 3.63) is 109 Å². The summed E-state index contributed by atoms with van der Waals surface area (Å²) in [7, 11) is 0. The van der Waals surface area contributed by atoms with Crippen LogP contribution in [0.2, 0.25) is 0 Å². The molecule has 51 heavy (non-hydrogen) atoms. The van der Waals surface area contributed by atoms with Gasteiger partial charge in [0, 0.05) is 12.2 Å². The molecule has 0 aliphatic heterocycles. The first-order valence-corrected chi connectivity index (χ1v) is 16.9. The summed E-state index contributed by atoms with van der Waals surface area (Å²) in [6.45, 7) is 8.39. The fourth-order valence-electron chi connectivity index (χ4n) is 4.47. The highest BCUT2D eigenvalue weighted by Gasteiger charge is 2.18. The van der Waals surface area contributed by atoms with Gasteiger partial charge in [0.1, 0.15) is 23.0 Å². The summed E-state index contributed by atoms with van der Waals surface area (Å²) in [5.41, 5.74) is 0.314. The van der Waals surface area contributed by atoms with E-state index in [1.807, 2.05) is 0 Å². The number of hydrogen-bond acceptors (Lipinski definition) is 11. The molecule has 0 atom stereocenters. The van der Waals surface area contributed by atoms with Crippen LogP contribution in [0.5, 0.6) is 23.0 Å². The molecule has 0 aliphatic rings. The molecule has 12 heteroatoms. The van der Waals surface area contributed by atoms with Crippen molar-refractivity contribution in [2.45, 2.75) is 51.4 Å². The predicted molar refractivity (Wildman–Crippen MR) is 190 cm³/mol. The number of esters is 4. The summed E-state index contributed by atoms with van der Waals surface area (Å²) in [5.74, 6) is -1.16. The van der Waals surface area contributed by atoms with E-state index in [-0.39, 0.29) is 28.2 Å². The van der Waals surface area contributed by atoms with E-state index in [1.54, 1.807) is 36.4 Å². The Bertz CT molecular complexity index is 1630. The highest BCUT2D eigenvalue weighted by Crippen LogP contribution is 2.28. The van der Waals surface area contributed by atoms with Crippen LogP contribution >= 0.6 is 11.6 Å². The van der Waals surface area contributed by atoms with E-state index in [9.17, 15) is 24.0 Å². The fourth-order valence-corrected chi connectivity index (χ4v) is 4.62. The van der Waals surface area contributed by atoms with Crippen molar-refractivity contribution in [3.63, 3.8) is 0 Å². The lowest BCUT2D eigenvalue weighted by Crippen LogP contribution is -2.12. The van der Waals surface area contributed by atoms with E-state index in [2.05, 4.69) is 13.2 Å². The molecule has 270 valence electrons. The average molecular weight is 721 g/mol. The maximum atomic E-state index is 12.8. The third kappa shape index (κ3) is 14.9. The van der Waals surface area contributed by atoms with Gasteiger partial charge in [0.15, 0.2) is 0 Å². The zero-order valence-corrected chi connectivity index (χ0v) is 29.0. The molecule has 0 N–H and O–H groups in total. The lowest BCUT2D eigenvalue weighted by molar-refractivity contribution is -0.138. The van der Waals surface area contributed by atoms with Crippen molar-refractivity contribution in [1.82, 2.24) is 0 Å². The Balaban J connectivity index is 1.42. The Morgan fingerprint density at radius 1 is 0.529 bits per heavy atom. The number of unbranched alkanes of at least 4 members (excludes halogenated alkanes) is 6. The van der Waals surface area contributed by atoms with Gasteiger partial charge in [-0.15, -0.1) is 0 Å². The van der Waals surface area contributed by atoms with Crippen LogP contribution in [-0.4, -0.2) is 55.5 Å². The Morgan fingerprint density at radius 3 is 1.37 bits per heavy atom. The number of carbonyl (C=O) groups is 5. The first kappa shape index (κ1) is 40.0. The Labute approximate surface area is 302 Å². The smallest absolute Gasteiger partial charge is 0.343 e. The van der Waals surface area contributed by atoms with Gasteiger partial charge in [-0.2, -0.15) is 0 Å². The van der Waals surface area contributed by atoms with Crippen molar-refractivity contribution < 1.29 is 52.4 Å². The van der Waals surface area contributed by atoms with Crippen LogP contribution in [-0.2, 0) is 19.1 Å². The van der Waals surface area contributed by atoms with Crippen LogP contribution in [0.25, 0.3) is 0 Å². The molecule has 0 heterocycles. The van der Waals surface area contributed by atoms with Gasteiger partial charge in [-0.3, -0.25) is 4.79 Å². The molecule has 0 saturated heterocycles. The van der Waals surface area contributed by atoms with Crippen LogP contribution in [0.15, 0.2) is 92.0 Å². The molecule has 0 fully saturated rings. The largest absolute Gasteiger partial charge is 0.494 e. The zero-order valence-electron chi connectivity index (χ0n) is 28.3. The summed E-state index contributed by atoms with van der Waals surface area (Å²) in [5, 5.41) is -0.908. The van der Waals surface area contributed by atoms with Crippen LogP contribution in [0, 0.1) is 0 Å². The van der Waals surface area contributed by atoms with E-state index in [0.717, 1.165) is 63.5 Å². The summed E-state index contributed by atoms with van der Waals surface area (Å²) in [6, 6.07) is 16.7. The Hall–Kier alpha value is -5.42. The van der Waals surface area contributed by atoms with Gasteiger partial charge < -0.3 is 28.4 Å². The molecular formula is C39H41ClO11. The second kappa shape index (κ2) is 22.3. The van der Waals surface area contributed by atoms with Crippen LogP contribution in [0.4, 0.5) is 0 Å². The topological polar surface area (TPSA) is 141 Å². The lowest BCUT2D eigenvalue weighted by Gasteiger charge is -2.11. The molecule has 0 spiro atoms. The highest BCUT2D eigenvalue weighted by atomic mass is 35.5. The molecule has 0 saturated carbocycles. The minimum Gasteiger partial charge on any atom is -0.494 e. The Morgan fingerprint density at radius 2 is 0.941 bits per heavy atom. The second-order valence-electron chi connectivity index (χ2n) is 11.0. The van der Waals surface area contributed by atoms with Gasteiger partial charge >= 0.3 is 23.9 Å². The normalized spacial score (nSPS) is 10.4. The van der Waals surface area contributed by atoms with Gasteiger partial charge in [-0.1, -0.05) is 13.2 Å². The summed E-state index contributed by atoms with van der Waals surface area (Å²) < 4.78 is 32.2. The maximum absolute atomic E-state index is 12.8. The van der Waals surface area contributed by atoms with Crippen molar-refractivity contribution in [2.24, 2.45) is 0 Å². The van der Waals surface area contributed by atoms with E-state index in [4.69, 9.17) is 40.0 Å². The minimum absolute atomic E-state index is 0.0287. The van der Waals surface area contributed by atoms with Gasteiger partial charge in [-0.05, 0) is 130 Å². The Kier molecular flexibility index (Phi) is 17.5. The molecule has 11 nitrogen and oxygen atoms in total. The zero-order chi connectivity index (χ0) is 36.8. The van der Waals surface area contributed by atoms with Crippen LogP contribution in [0.1, 0.15) is 82.4 Å². The molecular weight excluding hydrogens is 680 g/mol. The summed E-state index contributed by atoms with van der Waals surface area (Å²) in [6.07, 6.45) is 9.02. The van der Waals surface area contributed by atoms with E-state index in [0.29, 0.717) is 37.9 Å². The number of benzene rings is 3. The molecule has 3 rings (SSSR count). The summed E-state index contributed by atoms with van der Waals surface area (Å²) in [4.78, 5) is 59.8. The molecule has 3 aromatic carbocycles. The van der Waals surface area contributed by atoms with Crippen molar-refractivity contribution in [3.8, 4) is 23.0 Å². The predicted octanol–water partition coefficient (Wildman–Crippen LogP) is 7.84. The van der Waals surface area contributed by atoms with Gasteiger partial charge in [0.2, 0.25) is 0 Å². The summed E-state index contributed by atoms with van der Waals surface area (Å²) >= 11 is 5.77. The van der Waals surface area contributed by atoms with Crippen molar-refractivity contribution >= 4 is 40.7 Å². The van der Waals surface area contributed by atoms with Gasteiger partial charge in [0.05, 0.1) is 43.1 Å². The average Bonchev–Trinajstić information content (AvgIpc) is 3.14. The number of ether oxygens (including phenoxy) is 6. The van der Waals surface area contributed by atoms with Crippen molar-refractivity contribution in [2.75, 3.05) is 26.4 Å². The lowest BCUT2D eigenvalue weighted by atomic mass is 10.2. The number of carbonyl (C=O) groups excluding carboxylic acids is 5. The van der Waals surface area contributed by atoms with E-state index in [1.165, 1.54) is 30.3 Å². The fraction of sp³-hybridized carbons (Fsp3) is 0.308. The molecule has 0 aromatic heterocycles. The van der Waals surface area contributed by atoms with Gasteiger partial charge in [-0.25, -0.2) is 19.2 Å².